The predicted molar refractivity (Wildman–Crippen MR) is 90.0 cm³/mol. The van der Waals surface area contributed by atoms with Gasteiger partial charge in [0.25, 0.3) is 0 Å². The maximum atomic E-state index is 6.39. The predicted octanol–water partition coefficient (Wildman–Crippen LogP) is 4.90. The van der Waals surface area contributed by atoms with Gasteiger partial charge in [0.05, 0.1) is 6.61 Å². The Balaban J connectivity index is 2.21. The van der Waals surface area contributed by atoms with Crippen molar-refractivity contribution in [2.45, 2.75) is 33.4 Å². The molecule has 0 heterocycles. The Morgan fingerprint density at radius 1 is 1.10 bits per heavy atom. The molecule has 0 aliphatic carbocycles. The summed E-state index contributed by atoms with van der Waals surface area (Å²) < 4.78 is 5.54. The third kappa shape index (κ3) is 4.48. The van der Waals surface area contributed by atoms with E-state index in [1.54, 1.807) is 0 Å². The van der Waals surface area contributed by atoms with Gasteiger partial charge < -0.3 is 10.1 Å². The monoisotopic (exact) mass is 303 g/mol. The van der Waals surface area contributed by atoms with E-state index in [0.29, 0.717) is 12.6 Å². The second-order valence-electron chi connectivity index (χ2n) is 5.30. The number of halogens is 1. The fourth-order valence-corrected chi connectivity index (χ4v) is 2.36. The molecule has 0 amide bonds. The smallest absolute Gasteiger partial charge is 0.119 e. The van der Waals surface area contributed by atoms with E-state index in [0.717, 1.165) is 34.0 Å². The van der Waals surface area contributed by atoms with E-state index >= 15 is 0 Å². The maximum absolute atomic E-state index is 6.39. The van der Waals surface area contributed by atoms with Gasteiger partial charge >= 0.3 is 0 Å². The molecule has 2 aromatic rings. The minimum atomic E-state index is 0.448. The number of rotatable bonds is 6. The lowest BCUT2D eigenvalue weighted by Crippen LogP contribution is -2.21. The topological polar surface area (TPSA) is 21.3 Å². The van der Waals surface area contributed by atoms with Crippen LogP contribution in [0.15, 0.2) is 42.5 Å². The van der Waals surface area contributed by atoms with Crippen molar-refractivity contribution in [3.05, 3.63) is 53.1 Å². The molecule has 0 spiro atoms. The Morgan fingerprint density at radius 3 is 2.52 bits per heavy atom. The Bertz CT molecular complexity index is 596. The van der Waals surface area contributed by atoms with Crippen molar-refractivity contribution in [3.8, 4) is 16.9 Å². The second kappa shape index (κ2) is 7.48. The molecular formula is C18H22ClNO. The zero-order valence-corrected chi connectivity index (χ0v) is 13.6. The van der Waals surface area contributed by atoms with Gasteiger partial charge in [0.1, 0.15) is 5.75 Å². The second-order valence-corrected chi connectivity index (χ2v) is 5.71. The van der Waals surface area contributed by atoms with Gasteiger partial charge in [0.2, 0.25) is 0 Å². The summed E-state index contributed by atoms with van der Waals surface area (Å²) in [6.45, 7) is 7.70. The number of hydrogen-bond acceptors (Lipinski definition) is 2. The van der Waals surface area contributed by atoms with E-state index in [2.05, 4.69) is 37.4 Å². The highest BCUT2D eigenvalue weighted by Crippen LogP contribution is 2.28. The molecule has 0 aliphatic rings. The van der Waals surface area contributed by atoms with Crippen LogP contribution in [0.25, 0.3) is 11.1 Å². The first-order valence-electron chi connectivity index (χ1n) is 7.35. The molecule has 0 aromatic heterocycles. The van der Waals surface area contributed by atoms with E-state index in [1.807, 2.05) is 31.2 Å². The summed E-state index contributed by atoms with van der Waals surface area (Å²) >= 11 is 6.39. The summed E-state index contributed by atoms with van der Waals surface area (Å²) in [5.74, 6) is 0.886. The van der Waals surface area contributed by atoms with Crippen molar-refractivity contribution in [2.24, 2.45) is 0 Å². The third-order valence-electron chi connectivity index (χ3n) is 3.23. The molecule has 3 heteroatoms. The fourth-order valence-electron chi connectivity index (χ4n) is 2.12. The van der Waals surface area contributed by atoms with Crippen LogP contribution in [0.2, 0.25) is 5.02 Å². The number of benzene rings is 2. The zero-order chi connectivity index (χ0) is 15.2. The normalized spacial score (nSPS) is 10.9. The minimum Gasteiger partial charge on any atom is -0.494 e. The molecule has 112 valence electrons. The summed E-state index contributed by atoms with van der Waals surface area (Å²) in [5, 5.41) is 4.18. The van der Waals surface area contributed by atoms with Crippen LogP contribution in [0.4, 0.5) is 0 Å². The van der Waals surface area contributed by atoms with E-state index in [9.17, 15) is 0 Å². The van der Waals surface area contributed by atoms with Crippen molar-refractivity contribution in [1.82, 2.24) is 5.32 Å². The largest absolute Gasteiger partial charge is 0.494 e. The van der Waals surface area contributed by atoms with Crippen molar-refractivity contribution in [3.63, 3.8) is 0 Å². The molecule has 0 saturated carbocycles. The van der Waals surface area contributed by atoms with Gasteiger partial charge in [-0.25, -0.2) is 0 Å². The molecule has 2 nitrogen and oxygen atoms in total. The Kier molecular flexibility index (Phi) is 5.66. The van der Waals surface area contributed by atoms with Crippen LogP contribution >= 0.6 is 11.6 Å². The van der Waals surface area contributed by atoms with Gasteiger partial charge in [-0.2, -0.15) is 0 Å². The van der Waals surface area contributed by atoms with Gasteiger partial charge in [-0.1, -0.05) is 49.7 Å². The van der Waals surface area contributed by atoms with Gasteiger partial charge in [-0.05, 0) is 41.8 Å². The van der Waals surface area contributed by atoms with Crippen LogP contribution in [0.5, 0.6) is 5.75 Å². The highest BCUT2D eigenvalue weighted by Gasteiger charge is 2.05. The fraction of sp³-hybridized carbons (Fsp3) is 0.333. The first kappa shape index (κ1) is 15.9. The minimum absolute atomic E-state index is 0.448. The molecule has 2 rings (SSSR count). The Morgan fingerprint density at radius 2 is 1.86 bits per heavy atom. The summed E-state index contributed by atoms with van der Waals surface area (Å²) in [5.41, 5.74) is 3.34. The zero-order valence-electron chi connectivity index (χ0n) is 12.8. The van der Waals surface area contributed by atoms with Crippen LogP contribution in [0, 0.1) is 0 Å². The third-order valence-corrected chi connectivity index (χ3v) is 3.58. The molecule has 0 aliphatic heterocycles. The van der Waals surface area contributed by atoms with E-state index in [-0.39, 0.29) is 0 Å². The molecule has 0 radical (unpaired) electrons. The van der Waals surface area contributed by atoms with E-state index in [4.69, 9.17) is 16.3 Å². The average molecular weight is 304 g/mol. The molecule has 0 unspecified atom stereocenters. The maximum Gasteiger partial charge on any atom is 0.119 e. The van der Waals surface area contributed by atoms with Crippen molar-refractivity contribution < 1.29 is 4.74 Å². The first-order chi connectivity index (χ1) is 10.1. The lowest BCUT2D eigenvalue weighted by atomic mass is 10.0. The number of nitrogens with one attached hydrogen (secondary N) is 1. The number of ether oxygens (including phenoxy) is 1. The van der Waals surface area contributed by atoms with Crippen molar-refractivity contribution >= 4 is 11.6 Å². The molecule has 2 aromatic carbocycles. The lowest BCUT2D eigenvalue weighted by Gasteiger charge is -2.11. The van der Waals surface area contributed by atoms with Crippen LogP contribution in [0.3, 0.4) is 0 Å². The van der Waals surface area contributed by atoms with E-state index in [1.165, 1.54) is 0 Å². The van der Waals surface area contributed by atoms with Crippen LogP contribution < -0.4 is 10.1 Å². The molecule has 21 heavy (non-hydrogen) atoms. The summed E-state index contributed by atoms with van der Waals surface area (Å²) in [4.78, 5) is 0. The van der Waals surface area contributed by atoms with Crippen molar-refractivity contribution in [1.29, 1.82) is 0 Å². The average Bonchev–Trinajstić information content (AvgIpc) is 2.46. The Labute approximate surface area is 132 Å². The van der Waals surface area contributed by atoms with Crippen molar-refractivity contribution in [2.75, 3.05) is 6.61 Å². The molecular weight excluding hydrogens is 282 g/mol. The molecule has 0 bridgehead atoms. The summed E-state index contributed by atoms with van der Waals surface area (Å²) in [7, 11) is 0. The molecule has 0 atom stereocenters. The van der Waals surface area contributed by atoms with Crippen LogP contribution in [-0.4, -0.2) is 12.6 Å². The summed E-state index contributed by atoms with van der Waals surface area (Å²) in [6, 6.07) is 14.7. The lowest BCUT2D eigenvalue weighted by molar-refractivity contribution is 0.340. The van der Waals surface area contributed by atoms with Crippen LogP contribution in [0.1, 0.15) is 26.3 Å². The molecule has 0 fully saturated rings. The van der Waals surface area contributed by atoms with Gasteiger partial charge in [0, 0.05) is 17.6 Å². The van der Waals surface area contributed by atoms with Crippen LogP contribution in [-0.2, 0) is 6.54 Å². The standard InChI is InChI=1S/C18H22ClNO/c1-4-21-17-7-5-6-14(10-17)15-8-9-16(18(19)11-15)12-20-13(2)3/h5-11,13,20H,4,12H2,1-3H3. The van der Waals surface area contributed by atoms with E-state index < -0.39 is 0 Å². The highest BCUT2D eigenvalue weighted by atomic mass is 35.5. The summed E-state index contributed by atoms with van der Waals surface area (Å²) in [6.07, 6.45) is 0. The molecule has 1 N–H and O–H groups in total. The van der Waals surface area contributed by atoms with Gasteiger partial charge in [0.15, 0.2) is 0 Å². The SMILES string of the molecule is CCOc1cccc(-c2ccc(CNC(C)C)c(Cl)c2)c1. The quantitative estimate of drug-likeness (QED) is 0.819. The first-order valence-corrected chi connectivity index (χ1v) is 7.73. The van der Waals surface area contributed by atoms with Gasteiger partial charge in [-0.3, -0.25) is 0 Å². The highest BCUT2D eigenvalue weighted by molar-refractivity contribution is 6.31. The molecule has 0 saturated heterocycles. The number of hydrogen-bond donors (Lipinski definition) is 1. The van der Waals surface area contributed by atoms with Gasteiger partial charge in [-0.15, -0.1) is 0 Å². The Hall–Kier alpha value is -1.51.